The van der Waals surface area contributed by atoms with Gasteiger partial charge < -0.3 is 4.90 Å². The number of aromatic amines is 1. The van der Waals surface area contributed by atoms with Gasteiger partial charge in [-0.2, -0.15) is 5.10 Å². The van der Waals surface area contributed by atoms with Crippen molar-refractivity contribution in [2.75, 3.05) is 6.54 Å². The van der Waals surface area contributed by atoms with Gasteiger partial charge in [-0.3, -0.25) is 9.89 Å². The molecule has 1 aliphatic rings. The van der Waals surface area contributed by atoms with Crippen LogP contribution < -0.4 is 0 Å². The van der Waals surface area contributed by atoms with Gasteiger partial charge >= 0.3 is 0 Å². The van der Waals surface area contributed by atoms with E-state index in [1.807, 2.05) is 0 Å². The van der Waals surface area contributed by atoms with E-state index in [0.29, 0.717) is 6.54 Å². The molecular formula is C14H15FN4O. The maximum atomic E-state index is 13.0. The van der Waals surface area contributed by atoms with Gasteiger partial charge in [-0.1, -0.05) is 12.1 Å². The first-order chi connectivity index (χ1) is 9.75. The van der Waals surface area contributed by atoms with Crippen molar-refractivity contribution in [3.8, 4) is 0 Å². The van der Waals surface area contributed by atoms with Crippen LogP contribution >= 0.6 is 0 Å². The molecule has 0 saturated carbocycles. The van der Waals surface area contributed by atoms with Gasteiger partial charge in [0.2, 0.25) is 5.82 Å². The Labute approximate surface area is 115 Å². The van der Waals surface area contributed by atoms with Crippen LogP contribution in [0.15, 0.2) is 30.6 Å². The molecule has 2 heterocycles. The number of hydrogen-bond donors (Lipinski definition) is 1. The average Bonchev–Trinajstić information content (AvgIpc) is 3.02. The van der Waals surface area contributed by atoms with Crippen LogP contribution in [-0.4, -0.2) is 32.5 Å². The lowest BCUT2D eigenvalue weighted by Gasteiger charge is -2.35. The zero-order valence-corrected chi connectivity index (χ0v) is 10.9. The number of amides is 1. The van der Waals surface area contributed by atoms with Crippen molar-refractivity contribution in [3.63, 3.8) is 0 Å². The Morgan fingerprint density at radius 3 is 2.80 bits per heavy atom. The predicted molar refractivity (Wildman–Crippen MR) is 70.4 cm³/mol. The molecule has 0 bridgehead atoms. The Morgan fingerprint density at radius 2 is 2.10 bits per heavy atom. The number of nitrogens with zero attached hydrogens (tertiary/aromatic N) is 3. The summed E-state index contributed by atoms with van der Waals surface area (Å²) in [5, 5.41) is 6.32. The topological polar surface area (TPSA) is 61.9 Å². The number of piperidine rings is 1. The van der Waals surface area contributed by atoms with Gasteiger partial charge in [0.05, 0.1) is 6.04 Å². The van der Waals surface area contributed by atoms with Crippen LogP contribution in [0.1, 0.15) is 41.5 Å². The average molecular weight is 274 g/mol. The highest BCUT2D eigenvalue weighted by Gasteiger charge is 2.29. The Kier molecular flexibility index (Phi) is 3.45. The molecule has 0 radical (unpaired) electrons. The van der Waals surface area contributed by atoms with Crippen molar-refractivity contribution >= 4 is 5.91 Å². The van der Waals surface area contributed by atoms with Gasteiger partial charge in [-0.05, 0) is 37.0 Å². The van der Waals surface area contributed by atoms with Crippen LogP contribution in [-0.2, 0) is 0 Å². The number of aromatic nitrogens is 3. The smallest absolute Gasteiger partial charge is 0.291 e. The Morgan fingerprint density at radius 1 is 1.30 bits per heavy atom. The SMILES string of the molecule is O=C(c1ncn[nH]1)N1CCCC[C@@H]1c1ccc(F)cc1. The molecule has 2 aromatic rings. The number of benzene rings is 1. The maximum absolute atomic E-state index is 13.0. The Hall–Kier alpha value is -2.24. The lowest BCUT2D eigenvalue weighted by atomic mass is 9.95. The Bertz CT molecular complexity index is 582. The van der Waals surface area contributed by atoms with Crippen LogP contribution in [0.3, 0.4) is 0 Å². The van der Waals surface area contributed by atoms with Crippen LogP contribution in [0.5, 0.6) is 0 Å². The van der Waals surface area contributed by atoms with E-state index >= 15 is 0 Å². The van der Waals surface area contributed by atoms with Crippen LogP contribution in [0, 0.1) is 5.82 Å². The highest BCUT2D eigenvalue weighted by molar-refractivity contribution is 5.90. The normalized spacial score (nSPS) is 19.1. The lowest BCUT2D eigenvalue weighted by molar-refractivity contribution is 0.0599. The van der Waals surface area contributed by atoms with Crippen molar-refractivity contribution in [3.05, 3.63) is 47.8 Å². The first kappa shape index (κ1) is 12.8. The fourth-order valence-electron chi connectivity index (χ4n) is 2.65. The number of nitrogens with one attached hydrogen (secondary N) is 1. The maximum Gasteiger partial charge on any atom is 0.291 e. The van der Waals surface area contributed by atoms with E-state index < -0.39 is 0 Å². The minimum absolute atomic E-state index is 0.0260. The minimum atomic E-state index is -0.266. The van der Waals surface area contributed by atoms with Crippen molar-refractivity contribution in [2.24, 2.45) is 0 Å². The Balaban J connectivity index is 1.87. The van der Waals surface area contributed by atoms with Crippen LogP contribution in [0.2, 0.25) is 0 Å². The lowest BCUT2D eigenvalue weighted by Crippen LogP contribution is -2.39. The number of halogens is 1. The van der Waals surface area contributed by atoms with Crippen molar-refractivity contribution in [1.82, 2.24) is 20.1 Å². The quantitative estimate of drug-likeness (QED) is 0.914. The molecule has 1 aromatic heterocycles. The largest absolute Gasteiger partial charge is 0.329 e. The number of carbonyl (C=O) groups excluding carboxylic acids is 1. The summed E-state index contributed by atoms with van der Waals surface area (Å²) in [6, 6.07) is 6.32. The number of rotatable bonds is 2. The molecule has 6 heteroatoms. The molecule has 5 nitrogen and oxygen atoms in total. The van der Waals surface area contributed by atoms with Gasteiger partial charge in [-0.15, -0.1) is 0 Å². The molecule has 1 saturated heterocycles. The van der Waals surface area contributed by atoms with Gasteiger partial charge in [0.1, 0.15) is 12.1 Å². The second kappa shape index (κ2) is 5.40. The van der Waals surface area contributed by atoms with Gasteiger partial charge in [0, 0.05) is 6.54 Å². The second-order valence-electron chi connectivity index (χ2n) is 4.90. The third kappa shape index (κ3) is 2.41. The highest BCUT2D eigenvalue weighted by atomic mass is 19.1. The first-order valence-electron chi connectivity index (χ1n) is 6.67. The zero-order valence-electron chi connectivity index (χ0n) is 10.9. The molecule has 1 aliphatic heterocycles. The van der Waals surface area contributed by atoms with E-state index in [1.54, 1.807) is 17.0 Å². The third-order valence-corrected chi connectivity index (χ3v) is 3.64. The van der Waals surface area contributed by atoms with Crippen molar-refractivity contribution < 1.29 is 9.18 Å². The van der Waals surface area contributed by atoms with Crippen molar-refractivity contribution in [1.29, 1.82) is 0 Å². The molecule has 0 aliphatic carbocycles. The summed E-state index contributed by atoms with van der Waals surface area (Å²) < 4.78 is 13.0. The summed E-state index contributed by atoms with van der Waals surface area (Å²) in [6.07, 6.45) is 4.23. The molecule has 1 N–H and O–H groups in total. The number of likely N-dealkylation sites (tertiary alicyclic amines) is 1. The molecule has 104 valence electrons. The fraction of sp³-hybridized carbons (Fsp3) is 0.357. The summed E-state index contributed by atoms with van der Waals surface area (Å²) >= 11 is 0. The van der Waals surface area contributed by atoms with Gasteiger partial charge in [-0.25, -0.2) is 9.37 Å². The zero-order chi connectivity index (χ0) is 13.9. The van der Waals surface area contributed by atoms with Crippen LogP contribution in [0.4, 0.5) is 4.39 Å². The van der Waals surface area contributed by atoms with E-state index in [2.05, 4.69) is 15.2 Å². The summed E-state index contributed by atoms with van der Waals surface area (Å²) in [6.45, 7) is 0.682. The number of hydrogen-bond acceptors (Lipinski definition) is 3. The molecule has 1 aromatic carbocycles. The molecular weight excluding hydrogens is 259 g/mol. The molecule has 1 atom stereocenters. The van der Waals surface area contributed by atoms with E-state index in [0.717, 1.165) is 24.8 Å². The molecule has 20 heavy (non-hydrogen) atoms. The monoisotopic (exact) mass is 274 g/mol. The molecule has 0 unspecified atom stereocenters. The second-order valence-corrected chi connectivity index (χ2v) is 4.90. The molecule has 1 amide bonds. The summed E-state index contributed by atoms with van der Waals surface area (Å²) in [5.41, 5.74) is 0.957. The van der Waals surface area contributed by atoms with E-state index in [9.17, 15) is 9.18 Å². The predicted octanol–water partition coefficient (Wildman–Crippen LogP) is 2.31. The van der Waals surface area contributed by atoms with Crippen LogP contribution in [0.25, 0.3) is 0 Å². The van der Waals surface area contributed by atoms with Crippen molar-refractivity contribution in [2.45, 2.75) is 25.3 Å². The third-order valence-electron chi connectivity index (χ3n) is 3.64. The van der Waals surface area contributed by atoms with E-state index in [-0.39, 0.29) is 23.6 Å². The van der Waals surface area contributed by atoms with E-state index in [1.165, 1.54) is 18.5 Å². The van der Waals surface area contributed by atoms with E-state index in [4.69, 9.17) is 0 Å². The summed E-state index contributed by atoms with van der Waals surface area (Å²) in [7, 11) is 0. The fourth-order valence-corrected chi connectivity index (χ4v) is 2.65. The standard InChI is InChI=1S/C14H15FN4O/c15-11-6-4-10(5-7-11)12-3-1-2-8-19(12)14(20)13-16-9-17-18-13/h4-7,9,12H,1-3,8H2,(H,16,17,18)/t12-/m1/s1. The minimum Gasteiger partial charge on any atom is -0.329 e. The highest BCUT2D eigenvalue weighted by Crippen LogP contribution is 2.31. The molecule has 0 spiro atoms. The summed E-state index contributed by atoms with van der Waals surface area (Å²) in [5.74, 6) is -0.173. The molecule has 3 rings (SSSR count). The molecule has 1 fully saturated rings. The first-order valence-corrected chi connectivity index (χ1v) is 6.67. The van der Waals surface area contributed by atoms with Gasteiger partial charge in [0.25, 0.3) is 5.91 Å². The summed E-state index contributed by atoms with van der Waals surface area (Å²) in [4.78, 5) is 18.1. The number of carbonyl (C=O) groups is 1. The van der Waals surface area contributed by atoms with Gasteiger partial charge in [0.15, 0.2) is 0 Å². The number of H-pyrrole nitrogens is 1.